The molecule has 3 nitrogen and oxygen atoms in total. The summed E-state index contributed by atoms with van der Waals surface area (Å²) in [5, 5.41) is 3.17. The number of para-hydroxylation sites is 1. The van der Waals surface area contributed by atoms with E-state index in [1.807, 2.05) is 11.8 Å². The lowest BCUT2D eigenvalue weighted by Gasteiger charge is -2.36. The molecule has 1 heterocycles. The smallest absolute Gasteiger partial charge is 0.390 e. The molecule has 1 N–H and O–H groups in total. The Labute approximate surface area is 135 Å². The van der Waals surface area contributed by atoms with Gasteiger partial charge in [-0.3, -0.25) is 4.90 Å². The molecule has 1 atom stereocenters. The first kappa shape index (κ1) is 19.1. The maximum atomic E-state index is 13.0. The van der Waals surface area contributed by atoms with Gasteiger partial charge >= 0.3 is 6.18 Å². The van der Waals surface area contributed by atoms with Crippen LogP contribution in [0.3, 0.4) is 0 Å². The molecular formula is C15H22ClF3N2O. The Balaban J connectivity index is 0.00000242. The molecule has 7 heteroatoms. The quantitative estimate of drug-likeness (QED) is 0.890. The molecule has 0 aliphatic carbocycles. The summed E-state index contributed by atoms with van der Waals surface area (Å²) >= 11 is 0. The maximum absolute atomic E-state index is 13.0. The van der Waals surface area contributed by atoms with Crippen LogP contribution in [0.2, 0.25) is 0 Å². The van der Waals surface area contributed by atoms with Gasteiger partial charge in [-0.15, -0.1) is 12.4 Å². The van der Waals surface area contributed by atoms with Crippen molar-refractivity contribution in [3.8, 4) is 5.75 Å². The van der Waals surface area contributed by atoms with Crippen LogP contribution < -0.4 is 10.1 Å². The average molecular weight is 339 g/mol. The van der Waals surface area contributed by atoms with Crippen LogP contribution in [0.25, 0.3) is 0 Å². The van der Waals surface area contributed by atoms with Crippen molar-refractivity contribution in [2.24, 2.45) is 0 Å². The van der Waals surface area contributed by atoms with Gasteiger partial charge in [0.05, 0.1) is 13.0 Å². The number of benzene rings is 1. The fraction of sp³-hybridized carbons (Fsp3) is 0.600. The number of nitrogens with zero attached hydrogens (tertiary/aromatic N) is 1. The van der Waals surface area contributed by atoms with Gasteiger partial charge in [0.1, 0.15) is 5.75 Å². The van der Waals surface area contributed by atoms with Crippen molar-refractivity contribution in [1.29, 1.82) is 0 Å². The minimum absolute atomic E-state index is 0. The summed E-state index contributed by atoms with van der Waals surface area (Å²) in [4.78, 5) is 1.89. The number of halogens is 4. The molecule has 0 radical (unpaired) electrons. The minimum Gasteiger partial charge on any atom is -0.494 e. The highest BCUT2D eigenvalue weighted by molar-refractivity contribution is 5.85. The zero-order valence-electron chi connectivity index (χ0n) is 12.5. The first-order valence-electron chi connectivity index (χ1n) is 7.24. The minimum atomic E-state index is -4.20. The third kappa shape index (κ3) is 5.34. The number of piperazine rings is 1. The van der Waals surface area contributed by atoms with E-state index in [4.69, 9.17) is 4.74 Å². The predicted octanol–water partition coefficient (Wildman–Crippen LogP) is 3.41. The summed E-state index contributed by atoms with van der Waals surface area (Å²) in [5.41, 5.74) is 0.624. The average Bonchev–Trinajstić information content (AvgIpc) is 2.46. The van der Waals surface area contributed by atoms with Crippen molar-refractivity contribution < 1.29 is 17.9 Å². The van der Waals surface area contributed by atoms with Crippen molar-refractivity contribution in [2.45, 2.75) is 25.6 Å². The van der Waals surface area contributed by atoms with Crippen LogP contribution in [-0.4, -0.2) is 43.9 Å². The van der Waals surface area contributed by atoms with E-state index in [1.54, 1.807) is 24.3 Å². The Kier molecular flexibility index (Phi) is 7.45. The van der Waals surface area contributed by atoms with E-state index in [-0.39, 0.29) is 12.4 Å². The Morgan fingerprint density at radius 3 is 2.45 bits per heavy atom. The Morgan fingerprint density at radius 2 is 1.86 bits per heavy atom. The number of rotatable bonds is 5. The van der Waals surface area contributed by atoms with Gasteiger partial charge in [-0.1, -0.05) is 18.2 Å². The van der Waals surface area contributed by atoms with E-state index in [1.165, 1.54) is 0 Å². The van der Waals surface area contributed by atoms with Crippen LogP contribution in [0.4, 0.5) is 13.2 Å². The van der Waals surface area contributed by atoms with Gasteiger partial charge in [-0.25, -0.2) is 0 Å². The molecule has 2 rings (SSSR count). The van der Waals surface area contributed by atoms with E-state index in [9.17, 15) is 13.2 Å². The van der Waals surface area contributed by atoms with Crippen molar-refractivity contribution in [1.82, 2.24) is 10.2 Å². The summed E-state index contributed by atoms with van der Waals surface area (Å²) in [7, 11) is 0. The molecule has 0 aromatic heterocycles. The van der Waals surface area contributed by atoms with Crippen LogP contribution in [-0.2, 0) is 0 Å². The lowest BCUT2D eigenvalue weighted by molar-refractivity contribution is -0.148. The molecule has 1 aromatic carbocycles. The van der Waals surface area contributed by atoms with Crippen LogP contribution in [0.15, 0.2) is 24.3 Å². The summed E-state index contributed by atoms with van der Waals surface area (Å²) in [6.45, 7) is 4.93. The first-order chi connectivity index (χ1) is 10.0. The fourth-order valence-electron chi connectivity index (χ4n) is 2.69. The third-order valence-corrected chi connectivity index (χ3v) is 3.60. The molecule has 0 bridgehead atoms. The van der Waals surface area contributed by atoms with Gasteiger partial charge in [0.2, 0.25) is 0 Å². The number of alkyl halides is 3. The van der Waals surface area contributed by atoms with E-state index in [2.05, 4.69) is 5.32 Å². The highest BCUT2D eigenvalue weighted by Crippen LogP contribution is 2.37. The molecule has 0 unspecified atom stereocenters. The Hall–Kier alpha value is -0.980. The zero-order chi connectivity index (χ0) is 15.3. The predicted molar refractivity (Wildman–Crippen MR) is 82.7 cm³/mol. The van der Waals surface area contributed by atoms with E-state index < -0.39 is 18.6 Å². The number of hydrogen-bond donors (Lipinski definition) is 1. The molecule has 0 amide bonds. The largest absolute Gasteiger partial charge is 0.494 e. The molecule has 1 fully saturated rings. The second-order valence-electron chi connectivity index (χ2n) is 5.09. The molecule has 22 heavy (non-hydrogen) atoms. The summed E-state index contributed by atoms with van der Waals surface area (Å²) < 4.78 is 44.5. The van der Waals surface area contributed by atoms with Gasteiger partial charge < -0.3 is 10.1 Å². The summed E-state index contributed by atoms with van der Waals surface area (Å²) in [6.07, 6.45) is -5.05. The van der Waals surface area contributed by atoms with Gasteiger partial charge in [-0.2, -0.15) is 13.2 Å². The molecule has 0 saturated carbocycles. The number of ether oxygens (including phenoxy) is 1. The molecule has 1 aliphatic heterocycles. The van der Waals surface area contributed by atoms with Gasteiger partial charge in [0.25, 0.3) is 0 Å². The normalized spacial score (nSPS) is 17.6. The van der Waals surface area contributed by atoms with Crippen molar-refractivity contribution in [2.75, 3.05) is 32.8 Å². The summed E-state index contributed by atoms with van der Waals surface area (Å²) in [5.74, 6) is 0.549. The Morgan fingerprint density at radius 1 is 1.23 bits per heavy atom. The number of hydrogen-bond acceptors (Lipinski definition) is 3. The number of nitrogens with one attached hydrogen (secondary N) is 1. The molecule has 1 saturated heterocycles. The topological polar surface area (TPSA) is 24.5 Å². The van der Waals surface area contributed by atoms with Crippen molar-refractivity contribution in [3.05, 3.63) is 29.8 Å². The molecule has 0 spiro atoms. The first-order valence-corrected chi connectivity index (χ1v) is 7.24. The molecule has 126 valence electrons. The fourth-order valence-corrected chi connectivity index (χ4v) is 2.69. The van der Waals surface area contributed by atoms with E-state index in [0.29, 0.717) is 44.1 Å². The zero-order valence-corrected chi connectivity index (χ0v) is 13.3. The standard InChI is InChI=1S/C15H21F3N2O.ClH/c1-2-21-14-6-4-3-5-12(14)13(11-15(16,17)18)20-9-7-19-8-10-20;/h3-6,13,19H,2,7-11H2,1H3;1H/t13-;/m0./s1. The van der Waals surface area contributed by atoms with E-state index in [0.717, 1.165) is 0 Å². The van der Waals surface area contributed by atoms with Crippen molar-refractivity contribution in [3.63, 3.8) is 0 Å². The van der Waals surface area contributed by atoms with Gasteiger partial charge in [-0.05, 0) is 13.0 Å². The highest BCUT2D eigenvalue weighted by atomic mass is 35.5. The maximum Gasteiger partial charge on any atom is 0.390 e. The second kappa shape index (κ2) is 8.60. The molecule has 1 aliphatic rings. The molecule has 1 aromatic rings. The second-order valence-corrected chi connectivity index (χ2v) is 5.09. The Bertz CT molecular complexity index is 451. The van der Waals surface area contributed by atoms with Crippen LogP contribution in [0.1, 0.15) is 24.9 Å². The van der Waals surface area contributed by atoms with Crippen molar-refractivity contribution >= 4 is 12.4 Å². The lowest BCUT2D eigenvalue weighted by atomic mass is 9.99. The van der Waals surface area contributed by atoms with Crippen LogP contribution in [0.5, 0.6) is 5.75 Å². The summed E-state index contributed by atoms with van der Waals surface area (Å²) in [6, 6.07) is 6.35. The highest BCUT2D eigenvalue weighted by Gasteiger charge is 2.37. The van der Waals surface area contributed by atoms with Crippen LogP contribution in [0, 0.1) is 0 Å². The van der Waals surface area contributed by atoms with Gasteiger partial charge in [0, 0.05) is 37.8 Å². The van der Waals surface area contributed by atoms with Gasteiger partial charge in [0.15, 0.2) is 0 Å². The monoisotopic (exact) mass is 338 g/mol. The van der Waals surface area contributed by atoms with Crippen LogP contribution >= 0.6 is 12.4 Å². The third-order valence-electron chi connectivity index (χ3n) is 3.60. The lowest BCUT2D eigenvalue weighted by Crippen LogP contribution is -2.46. The molecular weight excluding hydrogens is 317 g/mol. The van der Waals surface area contributed by atoms with E-state index >= 15 is 0 Å². The SMILES string of the molecule is CCOc1ccccc1[C@H](CC(F)(F)F)N1CCNCC1.Cl.